The molecule has 0 aliphatic heterocycles. The SMILES string of the molecule is COCCOCCOCCOCCOC(=O)CC(=O)OCCOCCOCCOCCOC. The van der Waals surface area contributed by atoms with Crippen molar-refractivity contribution in [2.45, 2.75) is 6.42 Å². The second-order valence-electron chi connectivity index (χ2n) is 6.28. The maximum absolute atomic E-state index is 11.6. The lowest BCUT2D eigenvalue weighted by molar-refractivity contribution is -0.156. The topological polar surface area (TPSA) is 126 Å². The van der Waals surface area contributed by atoms with Crippen molar-refractivity contribution >= 4 is 11.9 Å². The Morgan fingerprint density at radius 3 is 0.909 bits per heavy atom. The number of esters is 2. The van der Waals surface area contributed by atoms with E-state index in [1.807, 2.05) is 0 Å². The van der Waals surface area contributed by atoms with Crippen LogP contribution in [-0.2, 0) is 57.0 Å². The molecule has 0 spiro atoms. The zero-order valence-electron chi connectivity index (χ0n) is 19.9. The summed E-state index contributed by atoms with van der Waals surface area (Å²) in [5.74, 6) is -1.34. The summed E-state index contributed by atoms with van der Waals surface area (Å²) in [5.41, 5.74) is 0. The van der Waals surface area contributed by atoms with Gasteiger partial charge in [-0.3, -0.25) is 9.59 Å². The Labute approximate surface area is 195 Å². The largest absolute Gasteiger partial charge is 0.463 e. The highest BCUT2D eigenvalue weighted by Gasteiger charge is 2.11. The van der Waals surface area contributed by atoms with Gasteiger partial charge in [-0.25, -0.2) is 0 Å². The molecule has 0 atom stereocenters. The molecule has 0 bridgehead atoms. The first-order chi connectivity index (χ1) is 16.2. The summed E-state index contributed by atoms with van der Waals surface area (Å²) in [6.07, 6.45) is -0.460. The lowest BCUT2D eigenvalue weighted by atomic mass is 10.4. The van der Waals surface area contributed by atoms with Crippen molar-refractivity contribution < 1.29 is 57.0 Å². The van der Waals surface area contributed by atoms with Crippen LogP contribution in [0.3, 0.4) is 0 Å². The molecular formula is C21H40O12. The van der Waals surface area contributed by atoms with Crippen LogP contribution in [0.4, 0.5) is 0 Å². The molecule has 12 heteroatoms. The van der Waals surface area contributed by atoms with Gasteiger partial charge in [-0.05, 0) is 0 Å². The molecule has 0 radical (unpaired) electrons. The van der Waals surface area contributed by atoms with Crippen molar-refractivity contribution in [3.8, 4) is 0 Å². The molecule has 0 saturated heterocycles. The van der Waals surface area contributed by atoms with Gasteiger partial charge in [-0.2, -0.15) is 0 Å². The molecular weight excluding hydrogens is 444 g/mol. The summed E-state index contributed by atoms with van der Waals surface area (Å²) in [5, 5.41) is 0. The standard InChI is InChI=1S/C21H40O12/c1-24-3-5-26-7-9-28-11-13-30-15-17-32-20(22)19-21(23)33-18-16-31-14-12-29-10-8-27-6-4-25-2/h3-19H2,1-2H3. The second kappa shape index (κ2) is 26.9. The molecule has 0 aromatic rings. The van der Waals surface area contributed by atoms with Crippen LogP contribution in [0.25, 0.3) is 0 Å². The molecule has 0 unspecified atom stereocenters. The van der Waals surface area contributed by atoms with E-state index >= 15 is 0 Å². The van der Waals surface area contributed by atoms with Crippen LogP contribution >= 0.6 is 0 Å². The van der Waals surface area contributed by atoms with Gasteiger partial charge in [0.15, 0.2) is 0 Å². The van der Waals surface area contributed by atoms with Gasteiger partial charge in [-0.1, -0.05) is 0 Å². The predicted octanol–water partition coefficient (Wildman–Crippen LogP) is -0.145. The number of carbonyl (C=O) groups is 2. The third-order valence-electron chi connectivity index (χ3n) is 3.62. The third-order valence-corrected chi connectivity index (χ3v) is 3.62. The summed E-state index contributed by atoms with van der Waals surface area (Å²) in [7, 11) is 3.23. The Kier molecular flexibility index (Phi) is 25.7. The van der Waals surface area contributed by atoms with E-state index in [1.54, 1.807) is 14.2 Å². The van der Waals surface area contributed by atoms with Gasteiger partial charge in [-0.15, -0.1) is 0 Å². The predicted molar refractivity (Wildman–Crippen MR) is 115 cm³/mol. The quantitative estimate of drug-likeness (QED) is 0.0921. The molecule has 0 aliphatic rings. The molecule has 33 heavy (non-hydrogen) atoms. The Bertz CT molecular complexity index is 397. The van der Waals surface area contributed by atoms with E-state index in [4.69, 9.17) is 47.4 Å². The maximum atomic E-state index is 11.6. The number of rotatable bonds is 26. The van der Waals surface area contributed by atoms with E-state index in [0.717, 1.165) is 0 Å². The van der Waals surface area contributed by atoms with Crippen molar-refractivity contribution in [1.29, 1.82) is 0 Å². The van der Waals surface area contributed by atoms with Crippen molar-refractivity contribution in [2.24, 2.45) is 0 Å². The van der Waals surface area contributed by atoms with Gasteiger partial charge in [0.2, 0.25) is 0 Å². The molecule has 0 aliphatic carbocycles. The third kappa shape index (κ3) is 26.8. The van der Waals surface area contributed by atoms with Crippen LogP contribution in [0, 0.1) is 0 Å². The lowest BCUT2D eigenvalue weighted by Gasteiger charge is -2.08. The number of hydrogen-bond donors (Lipinski definition) is 0. The number of hydrogen-bond acceptors (Lipinski definition) is 12. The molecule has 0 aromatic carbocycles. The van der Waals surface area contributed by atoms with Crippen LogP contribution < -0.4 is 0 Å². The van der Waals surface area contributed by atoms with E-state index < -0.39 is 18.4 Å². The van der Waals surface area contributed by atoms with Crippen molar-refractivity contribution in [3.05, 3.63) is 0 Å². The Morgan fingerprint density at radius 2 is 0.636 bits per heavy atom. The molecule has 0 saturated carbocycles. The minimum atomic E-state index is -0.671. The smallest absolute Gasteiger partial charge is 0.317 e. The Morgan fingerprint density at radius 1 is 0.394 bits per heavy atom. The molecule has 12 nitrogen and oxygen atoms in total. The van der Waals surface area contributed by atoms with Gasteiger partial charge in [0, 0.05) is 14.2 Å². The van der Waals surface area contributed by atoms with Gasteiger partial charge in [0.1, 0.15) is 19.6 Å². The van der Waals surface area contributed by atoms with Gasteiger partial charge in [0.05, 0.1) is 92.5 Å². The van der Waals surface area contributed by atoms with E-state index in [0.29, 0.717) is 79.3 Å². The highest BCUT2D eigenvalue weighted by molar-refractivity contribution is 5.91. The minimum Gasteiger partial charge on any atom is -0.463 e. The Balaban J connectivity index is 3.30. The molecule has 196 valence electrons. The fourth-order valence-corrected chi connectivity index (χ4v) is 2.02. The lowest BCUT2D eigenvalue weighted by Crippen LogP contribution is -2.19. The van der Waals surface area contributed by atoms with Crippen LogP contribution in [0.2, 0.25) is 0 Å². The van der Waals surface area contributed by atoms with Crippen molar-refractivity contribution in [2.75, 3.05) is 120 Å². The van der Waals surface area contributed by atoms with Crippen LogP contribution in [-0.4, -0.2) is 132 Å². The van der Waals surface area contributed by atoms with Crippen molar-refractivity contribution in [1.82, 2.24) is 0 Å². The van der Waals surface area contributed by atoms with Gasteiger partial charge in [0.25, 0.3) is 0 Å². The minimum absolute atomic E-state index is 0.0484. The molecule has 0 amide bonds. The van der Waals surface area contributed by atoms with Gasteiger partial charge < -0.3 is 47.4 Å². The van der Waals surface area contributed by atoms with Crippen LogP contribution in [0.5, 0.6) is 0 Å². The highest BCUT2D eigenvalue weighted by atomic mass is 16.6. The normalized spacial score (nSPS) is 11.0. The highest BCUT2D eigenvalue weighted by Crippen LogP contribution is 1.92. The summed E-state index contributed by atoms with van der Waals surface area (Å²) in [6, 6.07) is 0. The number of ether oxygens (including phenoxy) is 10. The van der Waals surface area contributed by atoms with Crippen LogP contribution in [0.1, 0.15) is 6.42 Å². The van der Waals surface area contributed by atoms with Crippen LogP contribution in [0.15, 0.2) is 0 Å². The molecule has 0 heterocycles. The monoisotopic (exact) mass is 484 g/mol. The summed E-state index contributed by atoms with van der Waals surface area (Å²) in [6.45, 7) is 6.15. The number of methoxy groups -OCH3 is 2. The molecule has 0 aromatic heterocycles. The zero-order chi connectivity index (χ0) is 24.2. The van der Waals surface area contributed by atoms with E-state index in [-0.39, 0.29) is 26.4 Å². The fraction of sp³-hybridized carbons (Fsp3) is 0.905. The first-order valence-corrected chi connectivity index (χ1v) is 11.0. The fourth-order valence-electron chi connectivity index (χ4n) is 2.02. The second-order valence-corrected chi connectivity index (χ2v) is 6.28. The zero-order valence-corrected chi connectivity index (χ0v) is 19.9. The number of carbonyl (C=O) groups excluding carboxylic acids is 2. The average molecular weight is 485 g/mol. The summed E-state index contributed by atoms with van der Waals surface area (Å²) in [4.78, 5) is 23.1. The van der Waals surface area contributed by atoms with E-state index in [9.17, 15) is 9.59 Å². The average Bonchev–Trinajstić information content (AvgIpc) is 2.80. The van der Waals surface area contributed by atoms with E-state index in [2.05, 4.69) is 0 Å². The summed E-state index contributed by atoms with van der Waals surface area (Å²) >= 11 is 0. The first-order valence-electron chi connectivity index (χ1n) is 11.0. The molecule has 0 rings (SSSR count). The maximum Gasteiger partial charge on any atom is 0.317 e. The molecule has 0 fully saturated rings. The van der Waals surface area contributed by atoms with Crippen molar-refractivity contribution in [3.63, 3.8) is 0 Å². The van der Waals surface area contributed by atoms with E-state index in [1.165, 1.54) is 0 Å². The van der Waals surface area contributed by atoms with Gasteiger partial charge >= 0.3 is 11.9 Å². The first kappa shape index (κ1) is 31.6. The molecule has 0 N–H and O–H groups in total. The Hall–Kier alpha value is -1.38. The summed E-state index contributed by atoms with van der Waals surface area (Å²) < 4.78 is 51.1.